The number of ether oxygens (including phenoxy) is 1. The third-order valence-corrected chi connectivity index (χ3v) is 6.59. The number of hydrogen-bond acceptors (Lipinski definition) is 3. The maximum absolute atomic E-state index is 12.9. The quantitative estimate of drug-likeness (QED) is 0.271. The number of carbonyl (C=O) groups is 1. The summed E-state index contributed by atoms with van der Waals surface area (Å²) in [5.74, 6) is 1.05. The minimum absolute atomic E-state index is 0.0954. The number of rotatable bonds is 7. The Morgan fingerprint density at radius 2 is 1.69 bits per heavy atom. The van der Waals surface area contributed by atoms with Gasteiger partial charge in [0.25, 0.3) is 5.91 Å². The van der Waals surface area contributed by atoms with Gasteiger partial charge in [0.2, 0.25) is 0 Å². The van der Waals surface area contributed by atoms with Crippen LogP contribution in [0.3, 0.4) is 0 Å². The maximum atomic E-state index is 12.9. The van der Waals surface area contributed by atoms with Crippen LogP contribution in [0.25, 0.3) is 0 Å². The van der Waals surface area contributed by atoms with Gasteiger partial charge in [0.1, 0.15) is 12.4 Å². The van der Waals surface area contributed by atoms with Crippen LogP contribution in [0.1, 0.15) is 53.5 Å². The van der Waals surface area contributed by atoms with E-state index < -0.39 is 0 Å². The number of hydrogen-bond donors (Lipinski definition) is 1. The topological polar surface area (TPSA) is 56.1 Å². The lowest BCUT2D eigenvalue weighted by Crippen LogP contribution is -2.13. The number of anilines is 1. The van der Waals surface area contributed by atoms with Crippen molar-refractivity contribution >= 4 is 34.9 Å². The molecule has 5 nitrogen and oxygen atoms in total. The van der Waals surface area contributed by atoms with Crippen LogP contribution in [0.2, 0.25) is 10.0 Å². The molecule has 1 aromatic heterocycles. The van der Waals surface area contributed by atoms with Crippen molar-refractivity contribution < 1.29 is 9.53 Å². The summed E-state index contributed by atoms with van der Waals surface area (Å²) in [6, 6.07) is 22.8. The Morgan fingerprint density at radius 3 is 2.39 bits per heavy atom. The van der Waals surface area contributed by atoms with Crippen molar-refractivity contribution in [2.45, 2.75) is 46.3 Å². The first-order valence-corrected chi connectivity index (χ1v) is 12.5. The molecule has 0 atom stereocenters. The predicted octanol–water partition coefficient (Wildman–Crippen LogP) is 7.68. The van der Waals surface area contributed by atoms with Gasteiger partial charge in [-0.25, -0.2) is 0 Å². The third-order valence-electron chi connectivity index (χ3n) is 5.85. The number of aryl methyl sites for hydroxylation is 1. The van der Waals surface area contributed by atoms with E-state index in [2.05, 4.69) is 43.3 Å². The fourth-order valence-corrected chi connectivity index (χ4v) is 4.07. The highest BCUT2D eigenvalue weighted by atomic mass is 35.5. The fourth-order valence-electron chi connectivity index (χ4n) is 3.75. The fraction of sp³-hybridized carbons (Fsp3) is 0.241. The molecule has 1 heterocycles. The standard InChI is InChI=1S/C29H29Cl2N3O2/c1-19-14-27(33-34(19)17-20-8-13-25(30)26(31)16-20)32-28(35)22-7-5-6-21(15-22)18-36-24-11-9-23(10-12-24)29(2,3)4/h5-16H,17-18H2,1-4H3,(H,32,33,35). The van der Waals surface area contributed by atoms with E-state index in [0.717, 1.165) is 22.6 Å². The molecule has 186 valence electrons. The summed E-state index contributed by atoms with van der Waals surface area (Å²) < 4.78 is 7.75. The molecule has 7 heteroatoms. The minimum Gasteiger partial charge on any atom is -0.489 e. The van der Waals surface area contributed by atoms with Gasteiger partial charge in [-0.2, -0.15) is 5.10 Å². The lowest BCUT2D eigenvalue weighted by molar-refractivity contribution is 0.102. The van der Waals surface area contributed by atoms with Crippen LogP contribution in [-0.4, -0.2) is 15.7 Å². The second kappa shape index (κ2) is 10.8. The van der Waals surface area contributed by atoms with Crippen LogP contribution in [0.5, 0.6) is 5.75 Å². The number of aromatic nitrogens is 2. The average molecular weight is 522 g/mol. The zero-order valence-corrected chi connectivity index (χ0v) is 22.3. The van der Waals surface area contributed by atoms with Crippen LogP contribution in [0.4, 0.5) is 5.82 Å². The molecule has 0 spiro atoms. The minimum atomic E-state index is -0.231. The van der Waals surface area contributed by atoms with Gasteiger partial charge >= 0.3 is 0 Å². The normalized spacial score (nSPS) is 11.4. The molecule has 0 radical (unpaired) electrons. The van der Waals surface area contributed by atoms with E-state index in [4.69, 9.17) is 27.9 Å². The highest BCUT2D eigenvalue weighted by molar-refractivity contribution is 6.42. The van der Waals surface area contributed by atoms with E-state index >= 15 is 0 Å². The van der Waals surface area contributed by atoms with Crippen molar-refractivity contribution in [3.63, 3.8) is 0 Å². The Kier molecular flexibility index (Phi) is 7.72. The highest BCUT2D eigenvalue weighted by Gasteiger charge is 2.14. The number of carbonyl (C=O) groups excluding carboxylic acids is 1. The van der Waals surface area contributed by atoms with E-state index in [9.17, 15) is 4.79 Å². The zero-order chi connectivity index (χ0) is 25.9. The van der Waals surface area contributed by atoms with E-state index in [1.807, 2.05) is 60.1 Å². The smallest absolute Gasteiger partial charge is 0.256 e. The van der Waals surface area contributed by atoms with Gasteiger partial charge in [-0.05, 0) is 65.4 Å². The van der Waals surface area contributed by atoms with Crippen molar-refractivity contribution in [1.82, 2.24) is 9.78 Å². The van der Waals surface area contributed by atoms with Crippen LogP contribution < -0.4 is 10.1 Å². The van der Waals surface area contributed by atoms with E-state index in [1.54, 1.807) is 12.1 Å². The molecule has 0 fully saturated rings. The SMILES string of the molecule is Cc1cc(NC(=O)c2cccc(COc3ccc(C(C)(C)C)cc3)c2)nn1Cc1ccc(Cl)c(Cl)c1. The van der Waals surface area contributed by atoms with E-state index in [-0.39, 0.29) is 11.3 Å². The molecule has 4 rings (SSSR count). The molecule has 0 aliphatic rings. The highest BCUT2D eigenvalue weighted by Crippen LogP contribution is 2.25. The molecular weight excluding hydrogens is 493 g/mol. The van der Waals surface area contributed by atoms with Gasteiger partial charge in [-0.15, -0.1) is 0 Å². The summed E-state index contributed by atoms with van der Waals surface area (Å²) in [6.07, 6.45) is 0. The number of benzene rings is 3. The summed E-state index contributed by atoms with van der Waals surface area (Å²) in [5.41, 5.74) is 4.67. The number of nitrogens with zero attached hydrogens (tertiary/aromatic N) is 2. The van der Waals surface area contributed by atoms with Crippen LogP contribution >= 0.6 is 23.2 Å². The Hall–Kier alpha value is -3.28. The Morgan fingerprint density at radius 1 is 0.944 bits per heavy atom. The Bertz CT molecular complexity index is 1370. The summed E-state index contributed by atoms with van der Waals surface area (Å²) in [7, 11) is 0. The predicted molar refractivity (Wildman–Crippen MR) is 146 cm³/mol. The number of nitrogens with one attached hydrogen (secondary N) is 1. The first-order chi connectivity index (χ1) is 17.1. The van der Waals surface area contributed by atoms with E-state index in [0.29, 0.717) is 34.6 Å². The van der Waals surface area contributed by atoms with Gasteiger partial charge in [-0.1, -0.05) is 74.3 Å². The Labute approximate surface area is 222 Å². The molecule has 0 saturated carbocycles. The summed E-state index contributed by atoms with van der Waals surface area (Å²) in [4.78, 5) is 12.9. The first-order valence-electron chi connectivity index (χ1n) is 11.7. The second-order valence-corrected chi connectivity index (χ2v) is 10.6. The van der Waals surface area contributed by atoms with Crippen LogP contribution in [0.15, 0.2) is 72.8 Å². The van der Waals surface area contributed by atoms with Crippen molar-refractivity contribution in [1.29, 1.82) is 0 Å². The lowest BCUT2D eigenvalue weighted by Gasteiger charge is -2.19. The summed E-state index contributed by atoms with van der Waals surface area (Å²) in [6.45, 7) is 9.37. The lowest BCUT2D eigenvalue weighted by atomic mass is 9.87. The van der Waals surface area contributed by atoms with Crippen molar-refractivity contribution in [2.24, 2.45) is 0 Å². The van der Waals surface area contributed by atoms with Gasteiger partial charge in [0, 0.05) is 17.3 Å². The third kappa shape index (κ3) is 6.48. The summed E-state index contributed by atoms with van der Waals surface area (Å²) in [5, 5.41) is 8.43. The molecular formula is C29H29Cl2N3O2. The molecule has 0 aliphatic carbocycles. The van der Waals surface area contributed by atoms with Gasteiger partial charge in [-0.3, -0.25) is 9.48 Å². The average Bonchev–Trinajstić information content (AvgIpc) is 3.18. The van der Waals surface area contributed by atoms with Crippen molar-refractivity contribution in [3.8, 4) is 5.75 Å². The van der Waals surface area contributed by atoms with Crippen LogP contribution in [0, 0.1) is 6.92 Å². The Balaban J connectivity index is 1.38. The molecule has 1 amide bonds. The summed E-state index contributed by atoms with van der Waals surface area (Å²) >= 11 is 12.1. The molecule has 0 bridgehead atoms. The molecule has 1 N–H and O–H groups in total. The van der Waals surface area contributed by atoms with E-state index in [1.165, 1.54) is 5.56 Å². The zero-order valence-electron chi connectivity index (χ0n) is 20.8. The molecule has 36 heavy (non-hydrogen) atoms. The van der Waals surface area contributed by atoms with Gasteiger partial charge < -0.3 is 10.1 Å². The number of halogens is 2. The molecule has 4 aromatic rings. The second-order valence-electron chi connectivity index (χ2n) is 9.79. The largest absolute Gasteiger partial charge is 0.489 e. The maximum Gasteiger partial charge on any atom is 0.256 e. The molecule has 0 aliphatic heterocycles. The molecule has 0 saturated heterocycles. The molecule has 0 unspecified atom stereocenters. The van der Waals surface area contributed by atoms with Gasteiger partial charge in [0.05, 0.1) is 16.6 Å². The van der Waals surface area contributed by atoms with Crippen molar-refractivity contribution in [3.05, 3.63) is 111 Å². The number of amides is 1. The monoisotopic (exact) mass is 521 g/mol. The van der Waals surface area contributed by atoms with Crippen molar-refractivity contribution in [2.75, 3.05) is 5.32 Å². The molecule has 3 aromatic carbocycles. The van der Waals surface area contributed by atoms with Gasteiger partial charge in [0.15, 0.2) is 5.82 Å². The first kappa shape index (κ1) is 25.8. The van der Waals surface area contributed by atoms with Crippen LogP contribution in [-0.2, 0) is 18.6 Å².